The minimum atomic E-state index is -0.344. The number of halogens is 1. The van der Waals surface area contributed by atoms with Crippen molar-refractivity contribution in [2.24, 2.45) is 0 Å². The molecule has 3 heterocycles. The van der Waals surface area contributed by atoms with E-state index >= 15 is 0 Å². The summed E-state index contributed by atoms with van der Waals surface area (Å²) in [6, 6.07) is 16.6. The Labute approximate surface area is 184 Å². The number of fused-ring (bicyclic) bond motifs is 1. The summed E-state index contributed by atoms with van der Waals surface area (Å²) in [5, 5.41) is 2.84. The fraction of sp³-hybridized carbons (Fsp3) is 0.200. The largest absolute Gasteiger partial charge is 0.486 e. The number of carbonyl (C=O) groups is 1. The second-order valence-electron chi connectivity index (χ2n) is 7.72. The molecule has 0 spiro atoms. The Morgan fingerprint density at radius 1 is 1.06 bits per heavy atom. The highest BCUT2D eigenvalue weighted by Gasteiger charge is 2.16. The number of carbonyl (C=O) groups excluding carboxylic acids is 1. The van der Waals surface area contributed by atoms with E-state index in [2.05, 4.69) is 14.9 Å². The topological polar surface area (TPSA) is 69.3 Å². The van der Waals surface area contributed by atoms with Gasteiger partial charge in [0.25, 0.3) is 5.91 Å². The van der Waals surface area contributed by atoms with Gasteiger partial charge in [-0.15, -0.1) is 0 Å². The van der Waals surface area contributed by atoms with Crippen LogP contribution in [0.5, 0.6) is 5.75 Å². The average Bonchev–Trinajstić information content (AvgIpc) is 3.47. The van der Waals surface area contributed by atoms with Gasteiger partial charge >= 0.3 is 0 Å². The molecule has 162 valence electrons. The van der Waals surface area contributed by atoms with E-state index in [1.54, 1.807) is 12.1 Å². The number of nitrogens with zero attached hydrogens (tertiary/aromatic N) is 2. The first-order valence-electron chi connectivity index (χ1n) is 10.6. The number of hydrogen-bond donors (Lipinski definition) is 1. The number of benzene rings is 2. The minimum absolute atomic E-state index is 0.141. The predicted octanol–water partition coefficient (Wildman–Crippen LogP) is 5.45. The van der Waals surface area contributed by atoms with Crippen molar-refractivity contribution in [2.75, 3.05) is 5.32 Å². The number of hydrogen-bond acceptors (Lipinski definition) is 4. The van der Waals surface area contributed by atoms with E-state index in [4.69, 9.17) is 9.15 Å². The molecule has 0 unspecified atom stereocenters. The summed E-state index contributed by atoms with van der Waals surface area (Å²) < 4.78 is 26.4. The fourth-order valence-corrected chi connectivity index (χ4v) is 3.82. The molecule has 1 N–H and O–H groups in total. The normalized spacial score (nSPS) is 12.9. The van der Waals surface area contributed by atoms with E-state index in [-0.39, 0.29) is 24.1 Å². The Kier molecular flexibility index (Phi) is 5.46. The monoisotopic (exact) mass is 431 g/mol. The van der Waals surface area contributed by atoms with Crippen molar-refractivity contribution in [1.29, 1.82) is 0 Å². The molecule has 0 atom stereocenters. The second-order valence-corrected chi connectivity index (χ2v) is 7.72. The molecule has 4 aromatic rings. The van der Waals surface area contributed by atoms with Gasteiger partial charge in [-0.2, -0.15) is 0 Å². The van der Waals surface area contributed by atoms with Gasteiger partial charge < -0.3 is 19.0 Å². The van der Waals surface area contributed by atoms with Gasteiger partial charge in [0, 0.05) is 29.7 Å². The van der Waals surface area contributed by atoms with Crippen molar-refractivity contribution in [2.45, 2.75) is 32.4 Å². The third kappa shape index (κ3) is 4.27. The van der Waals surface area contributed by atoms with Gasteiger partial charge in [0.1, 0.15) is 29.8 Å². The third-order valence-electron chi connectivity index (χ3n) is 5.48. The molecule has 0 radical (unpaired) electrons. The summed E-state index contributed by atoms with van der Waals surface area (Å²) >= 11 is 0. The van der Waals surface area contributed by atoms with Gasteiger partial charge in [-0.1, -0.05) is 0 Å². The summed E-state index contributed by atoms with van der Waals surface area (Å²) in [4.78, 5) is 17.1. The fourth-order valence-electron chi connectivity index (χ4n) is 3.82. The summed E-state index contributed by atoms with van der Waals surface area (Å²) in [6.07, 6.45) is 5.41. The van der Waals surface area contributed by atoms with Crippen LogP contribution in [0.25, 0.3) is 11.4 Å². The van der Waals surface area contributed by atoms with Crippen LogP contribution in [0, 0.1) is 5.82 Å². The predicted molar refractivity (Wildman–Crippen MR) is 118 cm³/mol. The van der Waals surface area contributed by atoms with Gasteiger partial charge in [-0.25, -0.2) is 9.37 Å². The Balaban J connectivity index is 1.21. The summed E-state index contributed by atoms with van der Waals surface area (Å²) in [6.45, 7) is 1.14. The Morgan fingerprint density at radius 3 is 2.69 bits per heavy atom. The minimum Gasteiger partial charge on any atom is -0.486 e. The number of rotatable bonds is 6. The standard InChI is InChI=1S/C25H22FN3O3/c26-18-6-10-21(11-7-18)31-16-22-12-13-23(32-22)25(30)28-19-8-4-17(5-9-19)24-27-15-20-3-1-2-14-29(20)24/h4-13,15H,1-3,14,16H2,(H,28,30). The maximum Gasteiger partial charge on any atom is 0.291 e. The van der Waals surface area contributed by atoms with E-state index in [1.165, 1.54) is 42.8 Å². The van der Waals surface area contributed by atoms with Crippen molar-refractivity contribution in [3.63, 3.8) is 0 Å². The van der Waals surface area contributed by atoms with Gasteiger partial charge in [-0.05, 0) is 79.9 Å². The highest BCUT2D eigenvalue weighted by molar-refractivity contribution is 6.02. The van der Waals surface area contributed by atoms with Crippen molar-refractivity contribution in [3.05, 3.63) is 89.9 Å². The lowest BCUT2D eigenvalue weighted by Gasteiger charge is -2.16. The zero-order valence-electron chi connectivity index (χ0n) is 17.4. The molecule has 0 saturated heterocycles. The van der Waals surface area contributed by atoms with Crippen LogP contribution in [0.15, 0.2) is 71.3 Å². The summed E-state index contributed by atoms with van der Waals surface area (Å²) in [7, 11) is 0. The Bertz CT molecular complexity index is 1230. The number of aromatic nitrogens is 2. The lowest BCUT2D eigenvalue weighted by molar-refractivity contribution is 0.0992. The van der Waals surface area contributed by atoms with Gasteiger partial charge in [0.2, 0.25) is 0 Å². The van der Waals surface area contributed by atoms with Crippen LogP contribution in [-0.2, 0) is 19.6 Å². The van der Waals surface area contributed by atoms with Crippen LogP contribution in [0.3, 0.4) is 0 Å². The van der Waals surface area contributed by atoms with Gasteiger partial charge in [-0.3, -0.25) is 4.79 Å². The van der Waals surface area contributed by atoms with Crippen LogP contribution in [0.4, 0.5) is 10.1 Å². The zero-order chi connectivity index (χ0) is 21.9. The van der Waals surface area contributed by atoms with E-state index < -0.39 is 0 Å². The number of furan rings is 1. The first kappa shape index (κ1) is 20.1. The molecule has 32 heavy (non-hydrogen) atoms. The molecule has 0 bridgehead atoms. The molecular formula is C25H22FN3O3. The molecule has 7 heteroatoms. The third-order valence-corrected chi connectivity index (χ3v) is 5.48. The molecule has 6 nitrogen and oxygen atoms in total. The molecule has 0 aliphatic carbocycles. The number of ether oxygens (including phenoxy) is 1. The molecule has 1 amide bonds. The lowest BCUT2D eigenvalue weighted by atomic mass is 10.1. The molecular weight excluding hydrogens is 409 g/mol. The average molecular weight is 431 g/mol. The lowest BCUT2D eigenvalue weighted by Crippen LogP contribution is -2.11. The van der Waals surface area contributed by atoms with E-state index in [0.29, 0.717) is 17.2 Å². The molecule has 0 saturated carbocycles. The van der Waals surface area contributed by atoms with E-state index in [9.17, 15) is 9.18 Å². The van der Waals surface area contributed by atoms with Crippen molar-refractivity contribution < 1.29 is 18.3 Å². The first-order valence-corrected chi connectivity index (χ1v) is 10.6. The number of anilines is 1. The summed E-state index contributed by atoms with van der Waals surface area (Å²) in [5.74, 6) is 1.51. The number of imidazole rings is 1. The Morgan fingerprint density at radius 2 is 1.88 bits per heavy atom. The van der Waals surface area contributed by atoms with Crippen molar-refractivity contribution >= 4 is 11.6 Å². The maximum atomic E-state index is 13.0. The second kappa shape index (κ2) is 8.70. The highest BCUT2D eigenvalue weighted by atomic mass is 19.1. The van der Waals surface area contributed by atoms with E-state index in [1.807, 2.05) is 30.5 Å². The van der Waals surface area contributed by atoms with Crippen molar-refractivity contribution in [3.8, 4) is 17.1 Å². The Hall–Kier alpha value is -3.87. The molecule has 5 rings (SSSR count). The van der Waals surface area contributed by atoms with Crippen LogP contribution in [-0.4, -0.2) is 15.5 Å². The van der Waals surface area contributed by atoms with Crippen LogP contribution in [0.1, 0.15) is 34.9 Å². The van der Waals surface area contributed by atoms with E-state index in [0.717, 1.165) is 24.4 Å². The number of aryl methyl sites for hydroxylation is 1. The van der Waals surface area contributed by atoms with Crippen LogP contribution in [0.2, 0.25) is 0 Å². The zero-order valence-corrected chi connectivity index (χ0v) is 17.4. The molecule has 1 aliphatic heterocycles. The molecule has 0 fully saturated rings. The summed E-state index contributed by atoms with van der Waals surface area (Å²) in [5.41, 5.74) is 2.97. The molecule has 2 aromatic heterocycles. The van der Waals surface area contributed by atoms with Crippen LogP contribution >= 0.6 is 0 Å². The number of amides is 1. The highest BCUT2D eigenvalue weighted by Crippen LogP contribution is 2.26. The SMILES string of the molecule is O=C(Nc1ccc(-c2ncc3n2CCCC3)cc1)c1ccc(COc2ccc(F)cc2)o1. The quantitative estimate of drug-likeness (QED) is 0.441. The van der Waals surface area contributed by atoms with Crippen LogP contribution < -0.4 is 10.1 Å². The molecule has 1 aliphatic rings. The first-order chi connectivity index (χ1) is 15.7. The van der Waals surface area contributed by atoms with Crippen molar-refractivity contribution in [1.82, 2.24) is 9.55 Å². The smallest absolute Gasteiger partial charge is 0.291 e. The molecule has 2 aromatic carbocycles. The number of nitrogens with one attached hydrogen (secondary N) is 1. The van der Waals surface area contributed by atoms with Gasteiger partial charge in [0.15, 0.2) is 5.76 Å². The van der Waals surface area contributed by atoms with Gasteiger partial charge in [0.05, 0.1) is 0 Å². The maximum absolute atomic E-state index is 13.0.